The van der Waals surface area contributed by atoms with E-state index in [4.69, 9.17) is 0 Å². The van der Waals surface area contributed by atoms with Crippen molar-refractivity contribution in [1.82, 2.24) is 0 Å². The van der Waals surface area contributed by atoms with Gasteiger partial charge in [0.25, 0.3) is 0 Å². The van der Waals surface area contributed by atoms with Gasteiger partial charge < -0.3 is 10.2 Å². The van der Waals surface area contributed by atoms with Crippen molar-refractivity contribution in [3.05, 3.63) is 21.9 Å². The van der Waals surface area contributed by atoms with E-state index < -0.39 is 11.7 Å². The van der Waals surface area contributed by atoms with Crippen LogP contribution in [0.1, 0.15) is 29.7 Å². The number of aliphatic hydroxyl groups is 2. The maximum absolute atomic E-state index is 9.63. The van der Waals surface area contributed by atoms with Gasteiger partial charge in [0.2, 0.25) is 0 Å². The van der Waals surface area contributed by atoms with Crippen LogP contribution >= 0.6 is 11.3 Å². The number of aryl methyl sites for hydroxylation is 1. The van der Waals surface area contributed by atoms with Gasteiger partial charge in [0.15, 0.2) is 0 Å². The summed E-state index contributed by atoms with van der Waals surface area (Å²) in [5, 5.41) is 19.1. The van der Waals surface area contributed by atoms with Crippen molar-refractivity contribution in [1.29, 1.82) is 0 Å². The number of rotatable bonds is 2. The summed E-state index contributed by atoms with van der Waals surface area (Å²) in [5.41, 5.74) is -1.06. The number of thiophene rings is 1. The summed E-state index contributed by atoms with van der Waals surface area (Å²) in [6, 6.07) is 3.79. The maximum atomic E-state index is 9.63. The number of hydrogen-bond donors (Lipinski definition) is 2. The lowest BCUT2D eigenvalue weighted by Gasteiger charge is -2.23. The molecule has 0 amide bonds. The number of hydrogen-bond acceptors (Lipinski definition) is 3. The molecule has 2 N–H and O–H groups in total. The van der Waals surface area contributed by atoms with E-state index in [1.807, 2.05) is 19.1 Å². The molecule has 1 heterocycles. The predicted octanol–water partition coefficient (Wildman–Crippen LogP) is 1.86. The zero-order valence-corrected chi connectivity index (χ0v) is 8.35. The quantitative estimate of drug-likeness (QED) is 0.740. The van der Waals surface area contributed by atoms with Gasteiger partial charge in [0.1, 0.15) is 6.10 Å². The summed E-state index contributed by atoms with van der Waals surface area (Å²) in [5.74, 6) is 0. The molecule has 1 aromatic rings. The summed E-state index contributed by atoms with van der Waals surface area (Å²) in [4.78, 5) is 1.97. The summed E-state index contributed by atoms with van der Waals surface area (Å²) < 4.78 is 0. The van der Waals surface area contributed by atoms with Crippen LogP contribution in [0.2, 0.25) is 0 Å². The van der Waals surface area contributed by atoms with Gasteiger partial charge in [-0.15, -0.1) is 11.3 Å². The van der Waals surface area contributed by atoms with Crippen LogP contribution in [0.15, 0.2) is 12.1 Å². The largest absolute Gasteiger partial charge is 0.387 e. The first-order valence-corrected chi connectivity index (χ1v) is 4.69. The Morgan fingerprint density at radius 2 is 2.00 bits per heavy atom. The Morgan fingerprint density at radius 3 is 2.33 bits per heavy atom. The van der Waals surface area contributed by atoms with Crippen LogP contribution in [0.3, 0.4) is 0 Å². The highest BCUT2D eigenvalue weighted by Gasteiger charge is 2.26. The smallest absolute Gasteiger partial charge is 0.116 e. The van der Waals surface area contributed by atoms with E-state index in [1.165, 1.54) is 11.3 Å². The zero-order valence-electron chi connectivity index (χ0n) is 7.53. The molecular weight excluding hydrogens is 172 g/mol. The van der Waals surface area contributed by atoms with Crippen molar-refractivity contribution < 1.29 is 10.2 Å². The average molecular weight is 186 g/mol. The summed E-state index contributed by atoms with van der Waals surface area (Å²) >= 11 is 1.51. The molecule has 0 fully saturated rings. The molecule has 0 saturated heterocycles. The highest BCUT2D eigenvalue weighted by Crippen LogP contribution is 2.30. The molecule has 1 rings (SSSR count). The molecule has 0 aliphatic heterocycles. The van der Waals surface area contributed by atoms with Gasteiger partial charge in [0.05, 0.1) is 5.60 Å². The topological polar surface area (TPSA) is 40.5 Å². The Bertz CT molecular complexity index is 260. The third-order valence-corrected chi connectivity index (χ3v) is 2.75. The van der Waals surface area contributed by atoms with Gasteiger partial charge in [-0.25, -0.2) is 0 Å². The Labute approximate surface area is 76.5 Å². The normalized spacial score (nSPS) is 14.8. The first kappa shape index (κ1) is 9.71. The predicted molar refractivity (Wildman–Crippen MR) is 50.3 cm³/mol. The lowest BCUT2D eigenvalue weighted by molar-refractivity contribution is -0.0478. The summed E-state index contributed by atoms with van der Waals surface area (Å²) in [6.45, 7) is 5.19. The van der Waals surface area contributed by atoms with Crippen molar-refractivity contribution in [2.24, 2.45) is 0 Å². The van der Waals surface area contributed by atoms with E-state index >= 15 is 0 Å². The molecule has 1 unspecified atom stereocenters. The van der Waals surface area contributed by atoms with Crippen LogP contribution in [-0.4, -0.2) is 15.8 Å². The van der Waals surface area contributed by atoms with Gasteiger partial charge in [0, 0.05) is 9.75 Å². The molecule has 0 aromatic carbocycles. The van der Waals surface area contributed by atoms with Gasteiger partial charge in [-0.1, -0.05) is 0 Å². The average Bonchev–Trinajstić information content (AvgIpc) is 2.32. The van der Waals surface area contributed by atoms with E-state index in [2.05, 4.69) is 0 Å². The lowest BCUT2D eigenvalue weighted by atomic mass is 10.0. The molecule has 3 heteroatoms. The van der Waals surface area contributed by atoms with Crippen LogP contribution in [0, 0.1) is 6.92 Å². The molecular formula is C9H14O2S. The highest BCUT2D eigenvalue weighted by atomic mass is 32.1. The molecule has 0 saturated carbocycles. The second kappa shape index (κ2) is 3.17. The highest BCUT2D eigenvalue weighted by molar-refractivity contribution is 7.12. The molecule has 0 spiro atoms. The third kappa shape index (κ3) is 2.06. The van der Waals surface area contributed by atoms with Gasteiger partial charge in [-0.2, -0.15) is 0 Å². The first-order chi connectivity index (χ1) is 5.41. The second-order valence-corrected chi connectivity index (χ2v) is 4.82. The van der Waals surface area contributed by atoms with Crippen molar-refractivity contribution in [2.45, 2.75) is 32.5 Å². The van der Waals surface area contributed by atoms with Crippen molar-refractivity contribution in [2.75, 3.05) is 0 Å². The van der Waals surface area contributed by atoms with Crippen molar-refractivity contribution in [3.8, 4) is 0 Å². The fourth-order valence-corrected chi connectivity index (χ4v) is 1.99. The molecule has 1 aromatic heterocycles. The number of aliphatic hydroxyl groups excluding tert-OH is 1. The molecule has 0 aliphatic rings. The van der Waals surface area contributed by atoms with Gasteiger partial charge in [-0.05, 0) is 32.9 Å². The first-order valence-electron chi connectivity index (χ1n) is 3.88. The molecule has 1 atom stereocenters. The molecule has 68 valence electrons. The minimum absolute atomic E-state index is 0.781. The molecule has 12 heavy (non-hydrogen) atoms. The van der Waals surface area contributed by atoms with Gasteiger partial charge in [-0.3, -0.25) is 0 Å². The van der Waals surface area contributed by atoms with Crippen LogP contribution in [0.5, 0.6) is 0 Å². The van der Waals surface area contributed by atoms with E-state index in [-0.39, 0.29) is 0 Å². The third-order valence-electron chi connectivity index (χ3n) is 1.70. The van der Waals surface area contributed by atoms with Crippen molar-refractivity contribution >= 4 is 11.3 Å². The molecule has 0 radical (unpaired) electrons. The SMILES string of the molecule is Cc1ccc(C(O)C(C)(C)O)s1. The fraction of sp³-hybridized carbons (Fsp3) is 0.556. The standard InChI is InChI=1S/C9H14O2S/c1-6-4-5-7(12-6)8(10)9(2,3)11/h4-5,8,10-11H,1-3H3. The zero-order chi connectivity index (χ0) is 9.35. The maximum Gasteiger partial charge on any atom is 0.116 e. The minimum Gasteiger partial charge on any atom is -0.387 e. The summed E-state index contributed by atoms with van der Waals surface area (Å²) in [7, 11) is 0. The van der Waals surface area contributed by atoms with E-state index in [9.17, 15) is 10.2 Å². The van der Waals surface area contributed by atoms with Crippen LogP contribution in [-0.2, 0) is 0 Å². The lowest BCUT2D eigenvalue weighted by Crippen LogP contribution is -2.27. The Morgan fingerprint density at radius 1 is 1.42 bits per heavy atom. The second-order valence-electron chi connectivity index (χ2n) is 3.50. The summed E-state index contributed by atoms with van der Waals surface area (Å²) in [6.07, 6.45) is -0.781. The van der Waals surface area contributed by atoms with Crippen LogP contribution in [0.4, 0.5) is 0 Å². The molecule has 0 aliphatic carbocycles. The molecule has 2 nitrogen and oxygen atoms in total. The Kier molecular flexibility index (Phi) is 2.56. The van der Waals surface area contributed by atoms with Crippen LogP contribution in [0.25, 0.3) is 0 Å². The van der Waals surface area contributed by atoms with E-state index in [0.717, 1.165) is 9.75 Å². The minimum atomic E-state index is -1.06. The Balaban J connectivity index is 2.85. The van der Waals surface area contributed by atoms with Crippen LogP contribution < -0.4 is 0 Å². The fourth-order valence-electron chi connectivity index (χ4n) is 0.949. The monoisotopic (exact) mass is 186 g/mol. The van der Waals surface area contributed by atoms with Gasteiger partial charge >= 0.3 is 0 Å². The van der Waals surface area contributed by atoms with E-state index in [0.29, 0.717) is 0 Å². The Hall–Kier alpha value is -0.380. The van der Waals surface area contributed by atoms with E-state index in [1.54, 1.807) is 13.8 Å². The van der Waals surface area contributed by atoms with Crippen molar-refractivity contribution in [3.63, 3.8) is 0 Å². The molecule has 0 bridgehead atoms.